The van der Waals surface area contributed by atoms with Crippen molar-refractivity contribution in [3.05, 3.63) is 47.1 Å². The average Bonchev–Trinajstić information content (AvgIpc) is 2.38. The van der Waals surface area contributed by atoms with Gasteiger partial charge in [-0.2, -0.15) is 0 Å². The Hall–Kier alpha value is -1.68. The number of hydrogen-bond donors (Lipinski definition) is 1. The van der Waals surface area contributed by atoms with E-state index in [4.69, 9.17) is 11.6 Å². The van der Waals surface area contributed by atoms with Gasteiger partial charge in [0, 0.05) is 23.9 Å². The number of nitrogens with one attached hydrogen (secondary N) is 1. The highest BCUT2D eigenvalue weighted by Gasteiger charge is 2.19. The first-order valence-electron chi connectivity index (χ1n) is 6.58. The molecule has 1 unspecified atom stereocenters. The molecule has 5 heteroatoms. The van der Waals surface area contributed by atoms with Crippen LogP contribution in [0.5, 0.6) is 0 Å². The summed E-state index contributed by atoms with van der Waals surface area (Å²) in [5.41, 5.74) is 1.01. The highest BCUT2D eigenvalue weighted by atomic mass is 35.5. The van der Waals surface area contributed by atoms with E-state index in [2.05, 4.69) is 48.0 Å². The minimum atomic E-state index is -0.138. The number of aromatic nitrogens is 3. The molecule has 20 heavy (non-hydrogen) atoms. The molecule has 1 N–H and O–H groups in total. The molecule has 4 nitrogen and oxygen atoms in total. The maximum absolute atomic E-state index is 6.08. The van der Waals surface area contributed by atoms with Gasteiger partial charge in [0.15, 0.2) is 0 Å². The van der Waals surface area contributed by atoms with Crippen molar-refractivity contribution in [2.45, 2.75) is 39.2 Å². The van der Waals surface area contributed by atoms with E-state index in [9.17, 15) is 0 Å². The lowest BCUT2D eigenvalue weighted by Crippen LogP contribution is -2.18. The van der Waals surface area contributed by atoms with Crippen LogP contribution in [0.25, 0.3) is 0 Å². The fourth-order valence-corrected chi connectivity index (χ4v) is 1.97. The second-order valence-corrected chi connectivity index (χ2v) is 6.18. The Bertz CT molecular complexity index is 578. The first kappa shape index (κ1) is 14.7. The Morgan fingerprint density at radius 2 is 1.80 bits per heavy atom. The highest BCUT2D eigenvalue weighted by Crippen LogP contribution is 2.24. The normalized spacial score (nSPS) is 13.1. The summed E-state index contributed by atoms with van der Waals surface area (Å²) in [5.74, 6) is 1.47. The summed E-state index contributed by atoms with van der Waals surface area (Å²) in [6, 6.07) is 5.82. The lowest BCUT2D eigenvalue weighted by Gasteiger charge is -2.20. The molecule has 0 aromatic carbocycles. The number of nitrogens with zero attached hydrogens (tertiary/aromatic N) is 3. The Morgan fingerprint density at radius 3 is 2.40 bits per heavy atom. The number of pyridine rings is 1. The van der Waals surface area contributed by atoms with Crippen molar-refractivity contribution >= 4 is 17.4 Å². The van der Waals surface area contributed by atoms with E-state index in [1.807, 2.05) is 12.1 Å². The van der Waals surface area contributed by atoms with Crippen LogP contribution in [0, 0.1) is 0 Å². The Morgan fingerprint density at radius 1 is 1.15 bits per heavy atom. The van der Waals surface area contributed by atoms with Crippen LogP contribution in [0.3, 0.4) is 0 Å². The summed E-state index contributed by atoms with van der Waals surface area (Å²) >= 11 is 6.08. The van der Waals surface area contributed by atoms with Gasteiger partial charge in [-0.3, -0.25) is 4.98 Å². The summed E-state index contributed by atoms with van der Waals surface area (Å²) < 4.78 is 0. The lowest BCUT2D eigenvalue weighted by molar-refractivity contribution is 0.545. The van der Waals surface area contributed by atoms with E-state index in [-0.39, 0.29) is 11.5 Å². The molecule has 2 aromatic rings. The Kier molecular flexibility index (Phi) is 4.23. The van der Waals surface area contributed by atoms with E-state index < -0.39 is 0 Å². The number of halogens is 1. The Labute approximate surface area is 124 Å². The minimum Gasteiger partial charge on any atom is -0.363 e. The van der Waals surface area contributed by atoms with Gasteiger partial charge in [0.05, 0.1) is 6.04 Å². The predicted octanol–water partition coefficient (Wildman–Crippen LogP) is 4.00. The quantitative estimate of drug-likeness (QED) is 0.868. The van der Waals surface area contributed by atoms with Crippen LogP contribution in [-0.4, -0.2) is 15.0 Å². The first-order valence-corrected chi connectivity index (χ1v) is 6.95. The molecule has 0 radical (unpaired) electrons. The van der Waals surface area contributed by atoms with Crippen LogP contribution in [-0.2, 0) is 5.41 Å². The standard InChI is InChI=1S/C15H19ClN4/c1-10(11-5-7-17-8-6-11)18-13-9-12(16)19-14(20-13)15(2,3)4/h5-10H,1-4H3,(H,18,19,20). The van der Waals surface area contributed by atoms with Gasteiger partial charge in [-0.1, -0.05) is 32.4 Å². The monoisotopic (exact) mass is 290 g/mol. The fourth-order valence-electron chi connectivity index (χ4n) is 1.78. The number of rotatable bonds is 3. The summed E-state index contributed by atoms with van der Waals surface area (Å²) in [5, 5.41) is 3.80. The van der Waals surface area contributed by atoms with Crippen molar-refractivity contribution < 1.29 is 0 Å². The van der Waals surface area contributed by atoms with E-state index in [1.54, 1.807) is 18.5 Å². The molecular weight excluding hydrogens is 272 g/mol. The summed E-state index contributed by atoms with van der Waals surface area (Å²) in [4.78, 5) is 12.9. The smallest absolute Gasteiger partial charge is 0.137 e. The third kappa shape index (κ3) is 3.67. The maximum atomic E-state index is 6.08. The van der Waals surface area contributed by atoms with Crippen molar-refractivity contribution in [3.8, 4) is 0 Å². The van der Waals surface area contributed by atoms with Gasteiger partial charge in [0.25, 0.3) is 0 Å². The molecule has 106 valence electrons. The van der Waals surface area contributed by atoms with Crippen LogP contribution in [0.15, 0.2) is 30.6 Å². The molecule has 0 amide bonds. The summed E-state index contributed by atoms with van der Waals surface area (Å²) in [6.07, 6.45) is 3.56. The van der Waals surface area contributed by atoms with Gasteiger partial charge >= 0.3 is 0 Å². The van der Waals surface area contributed by atoms with Crippen LogP contribution < -0.4 is 5.32 Å². The van der Waals surface area contributed by atoms with Crippen molar-refractivity contribution in [2.75, 3.05) is 5.32 Å². The minimum absolute atomic E-state index is 0.122. The van der Waals surface area contributed by atoms with E-state index in [0.717, 1.165) is 17.2 Å². The van der Waals surface area contributed by atoms with E-state index >= 15 is 0 Å². The van der Waals surface area contributed by atoms with Crippen LogP contribution >= 0.6 is 11.6 Å². The average molecular weight is 291 g/mol. The topological polar surface area (TPSA) is 50.7 Å². The molecule has 1 atom stereocenters. The summed E-state index contributed by atoms with van der Waals surface area (Å²) in [6.45, 7) is 8.26. The van der Waals surface area contributed by atoms with Gasteiger partial charge in [0.2, 0.25) is 0 Å². The van der Waals surface area contributed by atoms with Crippen molar-refractivity contribution in [3.63, 3.8) is 0 Å². The van der Waals surface area contributed by atoms with E-state index in [1.165, 1.54) is 0 Å². The third-order valence-electron chi connectivity index (χ3n) is 2.94. The fraction of sp³-hybridized carbons (Fsp3) is 0.400. The molecule has 2 aromatic heterocycles. The molecule has 0 aliphatic rings. The van der Waals surface area contributed by atoms with Crippen molar-refractivity contribution in [2.24, 2.45) is 0 Å². The van der Waals surface area contributed by atoms with Crippen LogP contribution in [0.4, 0.5) is 5.82 Å². The zero-order valence-electron chi connectivity index (χ0n) is 12.2. The molecule has 0 saturated heterocycles. The van der Waals surface area contributed by atoms with E-state index in [0.29, 0.717) is 5.15 Å². The molecule has 2 rings (SSSR count). The second-order valence-electron chi connectivity index (χ2n) is 5.80. The highest BCUT2D eigenvalue weighted by molar-refractivity contribution is 6.29. The maximum Gasteiger partial charge on any atom is 0.137 e. The lowest BCUT2D eigenvalue weighted by atomic mass is 9.96. The molecule has 0 aliphatic carbocycles. The molecule has 2 heterocycles. The molecule has 0 fully saturated rings. The van der Waals surface area contributed by atoms with Gasteiger partial charge in [0.1, 0.15) is 16.8 Å². The Balaban J connectivity index is 2.24. The third-order valence-corrected chi connectivity index (χ3v) is 3.13. The molecule has 0 saturated carbocycles. The molecular formula is C15H19ClN4. The van der Waals surface area contributed by atoms with Crippen molar-refractivity contribution in [1.29, 1.82) is 0 Å². The first-order chi connectivity index (χ1) is 9.36. The molecule has 0 spiro atoms. The number of anilines is 1. The van der Waals surface area contributed by atoms with Gasteiger partial charge in [-0.05, 0) is 24.6 Å². The predicted molar refractivity (Wildman–Crippen MR) is 82.0 cm³/mol. The molecule has 0 bridgehead atoms. The summed E-state index contributed by atoms with van der Waals surface area (Å²) in [7, 11) is 0. The van der Waals surface area contributed by atoms with Crippen LogP contribution in [0.2, 0.25) is 5.15 Å². The zero-order chi connectivity index (χ0) is 14.8. The van der Waals surface area contributed by atoms with Gasteiger partial charge < -0.3 is 5.32 Å². The van der Waals surface area contributed by atoms with Crippen LogP contribution in [0.1, 0.15) is 45.1 Å². The largest absolute Gasteiger partial charge is 0.363 e. The van der Waals surface area contributed by atoms with Gasteiger partial charge in [-0.15, -0.1) is 0 Å². The SMILES string of the molecule is CC(Nc1cc(Cl)nc(C(C)(C)C)n1)c1ccncc1. The zero-order valence-corrected chi connectivity index (χ0v) is 12.9. The number of hydrogen-bond acceptors (Lipinski definition) is 4. The second kappa shape index (κ2) is 5.75. The molecule has 0 aliphatic heterocycles. The van der Waals surface area contributed by atoms with Crippen molar-refractivity contribution in [1.82, 2.24) is 15.0 Å². The van der Waals surface area contributed by atoms with Gasteiger partial charge in [-0.25, -0.2) is 9.97 Å².